The maximum Gasteiger partial charge on any atom is 0.318 e. The molecule has 0 aliphatic carbocycles. The smallest absolute Gasteiger partial charge is 0.318 e. The summed E-state index contributed by atoms with van der Waals surface area (Å²) in [6.07, 6.45) is 0. The molecular formula is C18H18Cl2F2N2O3. The molecule has 0 bridgehead atoms. The zero-order chi connectivity index (χ0) is 20.6. The molecule has 1 amide bonds. The fourth-order valence-electron chi connectivity index (χ4n) is 1.74. The molecule has 0 radical (unpaired) electrons. The fourth-order valence-corrected chi connectivity index (χ4v) is 2.04. The van der Waals surface area contributed by atoms with Gasteiger partial charge in [0.15, 0.2) is 0 Å². The fraction of sp³-hybridized carbons (Fsp3) is 0.222. The van der Waals surface area contributed by atoms with Crippen LogP contribution in [0.1, 0.15) is 13.8 Å². The van der Waals surface area contributed by atoms with E-state index in [1.165, 1.54) is 37.3 Å². The summed E-state index contributed by atoms with van der Waals surface area (Å²) in [4.78, 5) is 23.0. The van der Waals surface area contributed by atoms with Gasteiger partial charge in [-0.15, -0.1) is 0 Å². The maximum absolute atomic E-state index is 13.1. The zero-order valence-corrected chi connectivity index (χ0v) is 16.1. The second kappa shape index (κ2) is 10.7. The van der Waals surface area contributed by atoms with Crippen molar-refractivity contribution in [3.05, 3.63) is 58.1 Å². The first-order valence-electron chi connectivity index (χ1n) is 7.80. The molecule has 5 nitrogen and oxygen atoms in total. The second-order valence-corrected chi connectivity index (χ2v) is 5.96. The lowest BCUT2D eigenvalue weighted by atomic mass is 10.1. The highest BCUT2D eigenvalue weighted by Crippen LogP contribution is 2.25. The van der Waals surface area contributed by atoms with E-state index in [0.29, 0.717) is 0 Å². The van der Waals surface area contributed by atoms with Gasteiger partial charge in [-0.05, 0) is 38.1 Å². The molecule has 0 fully saturated rings. The predicted molar refractivity (Wildman–Crippen MR) is 102 cm³/mol. The number of hydrogen-bond acceptors (Lipinski definition) is 4. The number of anilines is 2. The van der Waals surface area contributed by atoms with Crippen LogP contribution in [0.15, 0.2) is 36.4 Å². The highest BCUT2D eigenvalue weighted by molar-refractivity contribution is 6.34. The van der Waals surface area contributed by atoms with Crippen LogP contribution >= 0.6 is 23.2 Å². The van der Waals surface area contributed by atoms with Gasteiger partial charge in [-0.2, -0.15) is 0 Å². The summed E-state index contributed by atoms with van der Waals surface area (Å²) >= 11 is 11.1. The van der Waals surface area contributed by atoms with Crippen molar-refractivity contribution in [2.45, 2.75) is 13.8 Å². The Labute approximate surface area is 165 Å². The third kappa shape index (κ3) is 6.69. The van der Waals surface area contributed by atoms with Gasteiger partial charge >= 0.3 is 5.97 Å². The zero-order valence-electron chi connectivity index (χ0n) is 14.6. The molecule has 9 heteroatoms. The van der Waals surface area contributed by atoms with Crippen molar-refractivity contribution in [3.63, 3.8) is 0 Å². The quantitative estimate of drug-likeness (QED) is 0.429. The molecule has 2 aromatic carbocycles. The average Bonchev–Trinajstić information content (AvgIpc) is 2.63. The highest BCUT2D eigenvalue weighted by atomic mass is 35.5. The lowest BCUT2D eigenvalue weighted by Crippen LogP contribution is -2.28. The van der Waals surface area contributed by atoms with Crippen molar-refractivity contribution in [1.82, 2.24) is 0 Å². The Hall–Kier alpha value is -2.38. The average molecular weight is 419 g/mol. The highest BCUT2D eigenvalue weighted by Gasteiger charge is 2.23. The summed E-state index contributed by atoms with van der Waals surface area (Å²) in [5, 5.41) is 2.18. The van der Waals surface area contributed by atoms with E-state index < -0.39 is 29.4 Å². The summed E-state index contributed by atoms with van der Waals surface area (Å²) < 4.78 is 30.2. The van der Waals surface area contributed by atoms with Crippen LogP contribution in [0.3, 0.4) is 0 Å². The van der Waals surface area contributed by atoms with Crippen molar-refractivity contribution >= 4 is 46.5 Å². The van der Waals surface area contributed by atoms with Crippen molar-refractivity contribution in [2.75, 3.05) is 17.7 Å². The molecule has 0 aromatic heterocycles. The van der Waals surface area contributed by atoms with E-state index in [1.54, 1.807) is 13.0 Å². The summed E-state index contributed by atoms with van der Waals surface area (Å²) in [5.74, 6) is -3.33. The molecule has 0 heterocycles. The lowest BCUT2D eigenvalue weighted by Gasteiger charge is -2.12. The first kappa shape index (κ1) is 22.7. The number of carbonyl (C=O) groups is 2. The number of amides is 1. The molecule has 3 N–H and O–H groups in total. The summed E-state index contributed by atoms with van der Waals surface area (Å²) in [5.41, 5.74) is 5.65. The van der Waals surface area contributed by atoms with Crippen LogP contribution < -0.4 is 11.1 Å². The van der Waals surface area contributed by atoms with E-state index in [0.717, 1.165) is 0 Å². The minimum absolute atomic E-state index is 0.00231. The molecule has 0 spiro atoms. The van der Waals surface area contributed by atoms with Crippen molar-refractivity contribution in [1.29, 1.82) is 0 Å². The van der Waals surface area contributed by atoms with Crippen LogP contribution in [0.5, 0.6) is 0 Å². The number of esters is 1. The van der Waals surface area contributed by atoms with Crippen molar-refractivity contribution < 1.29 is 23.1 Å². The summed E-state index contributed by atoms with van der Waals surface area (Å²) in [6, 6.07) is 8.35. The topological polar surface area (TPSA) is 81.4 Å². The van der Waals surface area contributed by atoms with Gasteiger partial charge in [-0.25, -0.2) is 8.78 Å². The van der Waals surface area contributed by atoms with Gasteiger partial charge < -0.3 is 15.8 Å². The lowest BCUT2D eigenvalue weighted by molar-refractivity contribution is -0.150. The number of halogens is 4. The molecule has 0 saturated heterocycles. The first-order valence-corrected chi connectivity index (χ1v) is 8.55. The van der Waals surface area contributed by atoms with Gasteiger partial charge in [-0.3, -0.25) is 9.59 Å². The van der Waals surface area contributed by atoms with Gasteiger partial charge in [0.25, 0.3) is 0 Å². The number of ether oxygens (including phenoxy) is 1. The van der Waals surface area contributed by atoms with Crippen molar-refractivity contribution in [2.24, 2.45) is 5.92 Å². The number of hydrogen-bond donors (Lipinski definition) is 2. The van der Waals surface area contributed by atoms with E-state index in [1.807, 2.05) is 0 Å². The number of nitrogens with one attached hydrogen (secondary N) is 1. The third-order valence-electron chi connectivity index (χ3n) is 3.22. The van der Waals surface area contributed by atoms with Gasteiger partial charge in [0.05, 0.1) is 28.0 Å². The number of nitrogen functional groups attached to an aromatic ring is 1. The Morgan fingerprint density at radius 3 is 2.19 bits per heavy atom. The van der Waals surface area contributed by atoms with Crippen LogP contribution in [-0.2, 0) is 14.3 Å². The molecule has 2 aromatic rings. The maximum atomic E-state index is 13.1. The minimum atomic E-state index is -0.982. The molecule has 2 rings (SSSR count). The standard InChI is InChI=1S/C12H13ClFNO3.C6H5ClFN/c1-3-18-12(17)7(2)11(16)15-9-6-4-5-8(14)10(9)13;7-6-4(8)2-1-3-5(6)9/h4-7H,3H2,1-2H3,(H,15,16);1-3H,9H2. The van der Waals surface area contributed by atoms with Gasteiger partial charge in [0.2, 0.25) is 5.91 Å². The van der Waals surface area contributed by atoms with Crippen LogP contribution in [-0.4, -0.2) is 18.5 Å². The van der Waals surface area contributed by atoms with Crippen LogP contribution in [0.4, 0.5) is 20.2 Å². The molecule has 0 saturated carbocycles. The number of nitrogens with two attached hydrogens (primary N) is 1. The van der Waals surface area contributed by atoms with E-state index in [-0.39, 0.29) is 28.0 Å². The minimum Gasteiger partial charge on any atom is -0.465 e. The molecule has 1 atom stereocenters. The van der Waals surface area contributed by atoms with Crippen LogP contribution in [0.2, 0.25) is 10.0 Å². The van der Waals surface area contributed by atoms with Gasteiger partial charge in [0.1, 0.15) is 17.6 Å². The Morgan fingerprint density at radius 1 is 1.11 bits per heavy atom. The third-order valence-corrected chi connectivity index (χ3v) is 4.01. The van der Waals surface area contributed by atoms with Crippen LogP contribution in [0.25, 0.3) is 0 Å². The van der Waals surface area contributed by atoms with E-state index in [9.17, 15) is 18.4 Å². The largest absolute Gasteiger partial charge is 0.465 e. The number of carbonyl (C=O) groups excluding carboxylic acids is 2. The summed E-state index contributed by atoms with van der Waals surface area (Å²) in [6.45, 7) is 3.24. The molecule has 0 aliphatic heterocycles. The first-order chi connectivity index (χ1) is 12.7. The Bertz CT molecular complexity index is 799. The second-order valence-electron chi connectivity index (χ2n) is 5.21. The molecule has 146 valence electrons. The summed E-state index contributed by atoms with van der Waals surface area (Å²) in [7, 11) is 0. The van der Waals surface area contributed by atoms with E-state index >= 15 is 0 Å². The predicted octanol–water partition coefficient (Wildman–Crippen LogP) is 4.68. The Kier molecular flexibility index (Phi) is 8.97. The van der Waals surface area contributed by atoms with E-state index in [2.05, 4.69) is 5.32 Å². The van der Waals surface area contributed by atoms with Crippen LogP contribution in [0, 0.1) is 17.6 Å². The van der Waals surface area contributed by atoms with Gasteiger partial charge in [-0.1, -0.05) is 35.3 Å². The molecule has 1 unspecified atom stereocenters. The Morgan fingerprint density at radius 2 is 1.67 bits per heavy atom. The SMILES string of the molecule is CCOC(=O)C(C)C(=O)Nc1cccc(F)c1Cl.Nc1cccc(F)c1Cl. The van der Waals surface area contributed by atoms with Gasteiger partial charge in [0, 0.05) is 0 Å². The molecule has 0 aliphatic rings. The molecular weight excluding hydrogens is 401 g/mol. The number of benzene rings is 2. The molecule has 27 heavy (non-hydrogen) atoms. The normalized spacial score (nSPS) is 11.0. The number of rotatable bonds is 4. The monoisotopic (exact) mass is 418 g/mol. The van der Waals surface area contributed by atoms with Crippen molar-refractivity contribution in [3.8, 4) is 0 Å². The Balaban J connectivity index is 0.000000337. The van der Waals surface area contributed by atoms with E-state index in [4.69, 9.17) is 33.7 Å².